The molecule has 3 heteroatoms. The molecule has 1 aliphatic rings. The van der Waals surface area contributed by atoms with Gasteiger partial charge in [0.05, 0.1) is 0 Å². The molecule has 122 valence electrons. The van der Waals surface area contributed by atoms with Crippen molar-refractivity contribution in [1.82, 2.24) is 5.32 Å². The number of aryl methyl sites for hydroxylation is 1. The van der Waals surface area contributed by atoms with Crippen LogP contribution in [0.2, 0.25) is 0 Å². The van der Waals surface area contributed by atoms with Gasteiger partial charge < -0.3 is 11.1 Å². The van der Waals surface area contributed by atoms with Gasteiger partial charge in [0.2, 0.25) is 5.91 Å². The summed E-state index contributed by atoms with van der Waals surface area (Å²) in [4.78, 5) is 12.4. The molecule has 0 spiro atoms. The standard InChI is InChI=1S/C19H30N2O/c1-15-8-4-5-9-17(15)12-16(2)21-18(22)13-19(14-20)10-6-3-7-11-19/h4-5,8-9,16H,3,6-7,10-14,20H2,1-2H3,(H,21,22). The molecule has 0 saturated heterocycles. The minimum absolute atomic E-state index is 0.0463. The van der Waals surface area contributed by atoms with Crippen LogP contribution in [0.5, 0.6) is 0 Å². The fraction of sp³-hybridized carbons (Fsp3) is 0.632. The quantitative estimate of drug-likeness (QED) is 0.847. The van der Waals surface area contributed by atoms with E-state index in [9.17, 15) is 4.79 Å². The molecule has 22 heavy (non-hydrogen) atoms. The van der Waals surface area contributed by atoms with Gasteiger partial charge in [0, 0.05) is 12.5 Å². The monoisotopic (exact) mass is 302 g/mol. The lowest BCUT2D eigenvalue weighted by atomic mass is 9.71. The summed E-state index contributed by atoms with van der Waals surface area (Å²) in [5.41, 5.74) is 8.62. The molecule has 1 atom stereocenters. The Balaban J connectivity index is 1.87. The largest absolute Gasteiger partial charge is 0.353 e. The fourth-order valence-corrected chi connectivity index (χ4v) is 3.64. The van der Waals surface area contributed by atoms with Gasteiger partial charge in [0.15, 0.2) is 0 Å². The summed E-state index contributed by atoms with van der Waals surface area (Å²) in [6.45, 7) is 4.84. The van der Waals surface area contributed by atoms with Crippen LogP contribution >= 0.6 is 0 Å². The van der Waals surface area contributed by atoms with Gasteiger partial charge in [-0.2, -0.15) is 0 Å². The normalized spacial score (nSPS) is 18.7. The first-order valence-corrected chi connectivity index (χ1v) is 8.59. The van der Waals surface area contributed by atoms with Gasteiger partial charge >= 0.3 is 0 Å². The van der Waals surface area contributed by atoms with Crippen molar-refractivity contribution in [3.63, 3.8) is 0 Å². The first kappa shape index (κ1) is 17.0. The molecule has 1 unspecified atom stereocenters. The maximum Gasteiger partial charge on any atom is 0.220 e. The molecule has 1 saturated carbocycles. The van der Waals surface area contributed by atoms with Crippen LogP contribution in [0.15, 0.2) is 24.3 Å². The molecular formula is C19H30N2O. The molecule has 1 amide bonds. The highest BCUT2D eigenvalue weighted by atomic mass is 16.1. The first-order valence-electron chi connectivity index (χ1n) is 8.59. The van der Waals surface area contributed by atoms with E-state index in [4.69, 9.17) is 5.73 Å². The van der Waals surface area contributed by atoms with E-state index in [0.29, 0.717) is 13.0 Å². The third-order valence-electron chi connectivity index (χ3n) is 5.08. The average Bonchev–Trinajstić information content (AvgIpc) is 2.50. The lowest BCUT2D eigenvalue weighted by Gasteiger charge is -2.36. The topological polar surface area (TPSA) is 55.1 Å². The van der Waals surface area contributed by atoms with Crippen molar-refractivity contribution >= 4 is 5.91 Å². The highest BCUT2D eigenvalue weighted by Gasteiger charge is 2.33. The third kappa shape index (κ3) is 4.57. The van der Waals surface area contributed by atoms with E-state index in [2.05, 4.69) is 43.4 Å². The van der Waals surface area contributed by atoms with Crippen LogP contribution in [0.3, 0.4) is 0 Å². The number of rotatable bonds is 6. The van der Waals surface area contributed by atoms with E-state index in [0.717, 1.165) is 19.3 Å². The van der Waals surface area contributed by atoms with Crippen LogP contribution in [0, 0.1) is 12.3 Å². The SMILES string of the molecule is Cc1ccccc1CC(C)NC(=O)CC1(CN)CCCCC1. The van der Waals surface area contributed by atoms with Gasteiger partial charge in [-0.15, -0.1) is 0 Å². The van der Waals surface area contributed by atoms with E-state index >= 15 is 0 Å². The summed E-state index contributed by atoms with van der Waals surface area (Å²) in [6, 6.07) is 8.53. The number of amides is 1. The second-order valence-corrected chi connectivity index (χ2v) is 7.04. The van der Waals surface area contributed by atoms with Crippen molar-refractivity contribution in [3.8, 4) is 0 Å². The molecule has 1 aromatic rings. The number of hydrogen-bond acceptors (Lipinski definition) is 2. The number of nitrogens with one attached hydrogen (secondary N) is 1. The molecule has 0 radical (unpaired) electrons. The van der Waals surface area contributed by atoms with Crippen molar-refractivity contribution in [2.45, 2.75) is 64.8 Å². The Bertz CT molecular complexity index is 492. The van der Waals surface area contributed by atoms with Crippen LogP contribution in [0.4, 0.5) is 0 Å². The van der Waals surface area contributed by atoms with Gasteiger partial charge in [-0.05, 0) is 56.2 Å². The van der Waals surface area contributed by atoms with Gasteiger partial charge in [0.25, 0.3) is 0 Å². The van der Waals surface area contributed by atoms with Gasteiger partial charge in [-0.3, -0.25) is 4.79 Å². The van der Waals surface area contributed by atoms with E-state index in [1.165, 1.54) is 30.4 Å². The summed E-state index contributed by atoms with van der Waals surface area (Å²) >= 11 is 0. The fourth-order valence-electron chi connectivity index (χ4n) is 3.64. The maximum atomic E-state index is 12.4. The highest BCUT2D eigenvalue weighted by molar-refractivity contribution is 5.77. The zero-order valence-electron chi connectivity index (χ0n) is 14.0. The molecule has 3 nitrogen and oxygen atoms in total. The number of carbonyl (C=O) groups excluding carboxylic acids is 1. The number of benzene rings is 1. The Hall–Kier alpha value is -1.35. The van der Waals surface area contributed by atoms with E-state index in [1.54, 1.807) is 0 Å². The Morgan fingerprint density at radius 3 is 2.59 bits per heavy atom. The Labute approximate surface area is 134 Å². The summed E-state index contributed by atoms with van der Waals surface area (Å²) in [5, 5.41) is 3.17. The van der Waals surface area contributed by atoms with E-state index < -0.39 is 0 Å². The lowest BCUT2D eigenvalue weighted by Crippen LogP contribution is -2.41. The van der Waals surface area contributed by atoms with Gasteiger partial charge in [-0.1, -0.05) is 43.5 Å². The molecular weight excluding hydrogens is 272 g/mol. The molecule has 2 rings (SSSR count). The smallest absolute Gasteiger partial charge is 0.220 e. The molecule has 0 aliphatic heterocycles. The van der Waals surface area contributed by atoms with E-state index in [-0.39, 0.29) is 17.4 Å². The van der Waals surface area contributed by atoms with Crippen LogP contribution in [0.25, 0.3) is 0 Å². The molecule has 1 aromatic carbocycles. The Morgan fingerprint density at radius 1 is 1.27 bits per heavy atom. The zero-order valence-corrected chi connectivity index (χ0v) is 14.0. The molecule has 0 bridgehead atoms. The maximum absolute atomic E-state index is 12.4. The lowest BCUT2D eigenvalue weighted by molar-refractivity contribution is -0.124. The van der Waals surface area contributed by atoms with Crippen molar-refractivity contribution in [3.05, 3.63) is 35.4 Å². The minimum Gasteiger partial charge on any atom is -0.353 e. The molecule has 3 N–H and O–H groups in total. The highest BCUT2D eigenvalue weighted by Crippen LogP contribution is 2.38. The molecule has 0 heterocycles. The number of carbonyl (C=O) groups is 1. The number of nitrogens with two attached hydrogens (primary N) is 1. The summed E-state index contributed by atoms with van der Waals surface area (Å²) in [6.07, 6.45) is 7.38. The summed E-state index contributed by atoms with van der Waals surface area (Å²) < 4.78 is 0. The van der Waals surface area contributed by atoms with E-state index in [1.807, 2.05) is 0 Å². The minimum atomic E-state index is 0.0463. The van der Waals surface area contributed by atoms with Crippen molar-refractivity contribution in [2.24, 2.45) is 11.1 Å². The van der Waals surface area contributed by atoms with Gasteiger partial charge in [-0.25, -0.2) is 0 Å². The van der Waals surface area contributed by atoms with Crippen LogP contribution in [-0.2, 0) is 11.2 Å². The zero-order chi connectivity index (χ0) is 16.0. The first-order chi connectivity index (χ1) is 10.5. The second kappa shape index (κ2) is 7.77. The number of hydrogen-bond donors (Lipinski definition) is 2. The molecule has 0 aromatic heterocycles. The second-order valence-electron chi connectivity index (χ2n) is 7.04. The predicted octanol–water partition coefficient (Wildman–Crippen LogP) is 3.34. The summed E-state index contributed by atoms with van der Waals surface area (Å²) in [5.74, 6) is 0.161. The van der Waals surface area contributed by atoms with Crippen molar-refractivity contribution in [1.29, 1.82) is 0 Å². The van der Waals surface area contributed by atoms with Crippen molar-refractivity contribution in [2.75, 3.05) is 6.54 Å². The van der Waals surface area contributed by atoms with Crippen LogP contribution < -0.4 is 11.1 Å². The van der Waals surface area contributed by atoms with Crippen molar-refractivity contribution < 1.29 is 4.79 Å². The average molecular weight is 302 g/mol. The Kier molecular flexibility index (Phi) is 6.01. The molecule has 1 fully saturated rings. The summed E-state index contributed by atoms with van der Waals surface area (Å²) in [7, 11) is 0. The van der Waals surface area contributed by atoms with Gasteiger partial charge in [0.1, 0.15) is 0 Å². The predicted molar refractivity (Wildman–Crippen MR) is 91.7 cm³/mol. The molecule has 1 aliphatic carbocycles. The Morgan fingerprint density at radius 2 is 1.95 bits per heavy atom. The van der Waals surface area contributed by atoms with Crippen LogP contribution in [0.1, 0.15) is 56.6 Å². The van der Waals surface area contributed by atoms with Crippen LogP contribution in [-0.4, -0.2) is 18.5 Å². The third-order valence-corrected chi connectivity index (χ3v) is 5.08.